The van der Waals surface area contributed by atoms with Crippen molar-refractivity contribution in [1.29, 1.82) is 0 Å². The smallest absolute Gasteiger partial charge is 0.335 e. The number of hydrogen-bond acceptors (Lipinski definition) is 9. The van der Waals surface area contributed by atoms with E-state index in [4.69, 9.17) is 23.4 Å². The van der Waals surface area contributed by atoms with E-state index >= 15 is 0 Å². The molecule has 0 aliphatic carbocycles. The van der Waals surface area contributed by atoms with Gasteiger partial charge in [-0.15, -0.1) is 0 Å². The molecule has 11 heteroatoms. The molecule has 1 amide bonds. The molecule has 0 radical (unpaired) electrons. The summed E-state index contributed by atoms with van der Waals surface area (Å²) in [5, 5.41) is 1.41. The van der Waals surface area contributed by atoms with E-state index in [1.165, 1.54) is 4.90 Å². The van der Waals surface area contributed by atoms with Crippen LogP contribution in [0.5, 0.6) is 5.75 Å². The second kappa shape index (κ2) is 15.8. The lowest BCUT2D eigenvalue weighted by Gasteiger charge is -2.57. The molecule has 2 atom stereocenters. The molecule has 1 aliphatic rings. The molecule has 262 valence electrons. The summed E-state index contributed by atoms with van der Waals surface area (Å²) in [6.45, 7) is 10.6. The number of rotatable bonds is 15. The van der Waals surface area contributed by atoms with Crippen molar-refractivity contribution >= 4 is 42.5 Å². The molecule has 0 saturated carbocycles. The lowest BCUT2D eigenvalue weighted by molar-refractivity contribution is -0.208. The standard InChI is InChI=1S/C38H47NO9Si/c1-8-45-34(41)31(35(42)46-9-2)32-33(40)39(25-27-21-23-28(44-7)24-22-27)38(32,36(43)47-10-3)26-48-49(37(4,5)6,29-17-13-11-14-18-29)30-19-15-12-16-20-30/h11-24,31-32H,8-10,25-26H2,1-7H3/t32-,38+/m1/s1. The van der Waals surface area contributed by atoms with Gasteiger partial charge in [0.05, 0.1) is 39.5 Å². The van der Waals surface area contributed by atoms with Crippen molar-refractivity contribution in [2.45, 2.75) is 58.7 Å². The maximum atomic E-state index is 14.5. The SMILES string of the molecule is CCOC(=O)C(C(=O)OCC)[C@@H]1C(=O)N(Cc2ccc(OC)cc2)[C@]1(CO[Si](c1ccccc1)(c1ccccc1)C(C)(C)C)C(=O)OCC. The number of amides is 1. The predicted octanol–water partition coefficient (Wildman–Crippen LogP) is 4.27. The molecule has 1 aliphatic heterocycles. The largest absolute Gasteiger partial charge is 0.497 e. The first kappa shape index (κ1) is 37.3. The lowest BCUT2D eigenvalue weighted by Crippen LogP contribution is -2.80. The Balaban J connectivity index is 1.97. The molecule has 1 fully saturated rings. The van der Waals surface area contributed by atoms with Crippen LogP contribution in [-0.2, 0) is 44.4 Å². The first-order valence-electron chi connectivity index (χ1n) is 16.6. The summed E-state index contributed by atoms with van der Waals surface area (Å²) >= 11 is 0. The Labute approximate surface area is 289 Å². The summed E-state index contributed by atoms with van der Waals surface area (Å²) in [7, 11) is -1.76. The average molecular weight is 690 g/mol. The van der Waals surface area contributed by atoms with Gasteiger partial charge in [0.25, 0.3) is 8.32 Å². The Morgan fingerprint density at radius 3 is 1.69 bits per heavy atom. The Morgan fingerprint density at radius 2 is 1.27 bits per heavy atom. The topological polar surface area (TPSA) is 118 Å². The lowest BCUT2D eigenvalue weighted by atomic mass is 9.66. The quantitative estimate of drug-likeness (QED) is 0.0758. The van der Waals surface area contributed by atoms with Crippen molar-refractivity contribution in [3.05, 3.63) is 90.5 Å². The molecule has 0 N–H and O–H groups in total. The fraction of sp³-hybridized carbons (Fsp3) is 0.421. The van der Waals surface area contributed by atoms with E-state index in [1.807, 2.05) is 60.7 Å². The zero-order chi connectivity index (χ0) is 35.8. The maximum Gasteiger partial charge on any atom is 0.335 e. The Morgan fingerprint density at radius 1 is 0.776 bits per heavy atom. The molecule has 4 rings (SSSR count). The normalized spacial score (nSPS) is 17.7. The van der Waals surface area contributed by atoms with Gasteiger partial charge < -0.3 is 28.3 Å². The monoisotopic (exact) mass is 689 g/mol. The minimum atomic E-state index is -3.31. The van der Waals surface area contributed by atoms with Crippen LogP contribution in [0.1, 0.15) is 47.1 Å². The summed E-state index contributed by atoms with van der Waals surface area (Å²) in [5.74, 6) is -5.92. The fourth-order valence-electron chi connectivity index (χ4n) is 6.75. The van der Waals surface area contributed by atoms with Crippen molar-refractivity contribution < 1.29 is 42.6 Å². The summed E-state index contributed by atoms with van der Waals surface area (Å²) in [6.07, 6.45) is 0. The molecule has 0 bridgehead atoms. The second-order valence-electron chi connectivity index (χ2n) is 12.8. The highest BCUT2D eigenvalue weighted by Crippen LogP contribution is 2.48. The number of nitrogens with zero attached hydrogens (tertiary/aromatic N) is 1. The number of carbonyl (C=O) groups excluding carboxylic acids is 4. The Hall–Kier alpha value is -4.48. The van der Waals surface area contributed by atoms with Crippen LogP contribution in [-0.4, -0.2) is 76.1 Å². The van der Waals surface area contributed by atoms with Gasteiger partial charge in [0.1, 0.15) is 5.75 Å². The van der Waals surface area contributed by atoms with Gasteiger partial charge in [0, 0.05) is 6.54 Å². The second-order valence-corrected chi connectivity index (χ2v) is 17.1. The van der Waals surface area contributed by atoms with Gasteiger partial charge in [-0.1, -0.05) is 93.6 Å². The number of esters is 3. The summed E-state index contributed by atoms with van der Waals surface area (Å²) in [6, 6.07) is 26.8. The van der Waals surface area contributed by atoms with Crippen LogP contribution in [0, 0.1) is 11.8 Å². The number of carbonyl (C=O) groups is 4. The number of ether oxygens (including phenoxy) is 4. The molecule has 0 unspecified atom stereocenters. The Bertz CT molecular complexity index is 1530. The van der Waals surface area contributed by atoms with Crippen LogP contribution in [0.25, 0.3) is 0 Å². The summed E-state index contributed by atoms with van der Waals surface area (Å²) in [5.41, 5.74) is -1.21. The van der Waals surface area contributed by atoms with Gasteiger partial charge in [-0.3, -0.25) is 14.4 Å². The third kappa shape index (κ3) is 7.14. The highest BCUT2D eigenvalue weighted by Gasteiger charge is 2.72. The van der Waals surface area contributed by atoms with Crippen LogP contribution in [0.4, 0.5) is 0 Å². The summed E-state index contributed by atoms with van der Waals surface area (Å²) < 4.78 is 28.9. The van der Waals surface area contributed by atoms with Crippen LogP contribution in [0.2, 0.25) is 5.04 Å². The highest BCUT2D eigenvalue weighted by atomic mass is 28.4. The maximum absolute atomic E-state index is 14.5. The van der Waals surface area contributed by atoms with E-state index in [0.717, 1.165) is 10.4 Å². The van der Waals surface area contributed by atoms with E-state index < -0.39 is 54.5 Å². The number of hydrogen-bond donors (Lipinski definition) is 0. The number of likely N-dealkylation sites (tertiary alicyclic amines) is 1. The van der Waals surface area contributed by atoms with E-state index in [1.54, 1.807) is 52.1 Å². The molecular weight excluding hydrogens is 643 g/mol. The predicted molar refractivity (Wildman–Crippen MR) is 187 cm³/mol. The zero-order valence-corrected chi connectivity index (χ0v) is 30.4. The van der Waals surface area contributed by atoms with Crippen molar-refractivity contribution in [2.75, 3.05) is 33.5 Å². The van der Waals surface area contributed by atoms with Crippen molar-refractivity contribution in [3.8, 4) is 5.75 Å². The number of benzene rings is 3. The minimum absolute atomic E-state index is 0.0133. The molecule has 3 aromatic rings. The van der Waals surface area contributed by atoms with Gasteiger partial charge >= 0.3 is 17.9 Å². The first-order chi connectivity index (χ1) is 23.4. The van der Waals surface area contributed by atoms with Gasteiger partial charge in [0.15, 0.2) is 11.5 Å². The molecule has 0 aromatic heterocycles. The van der Waals surface area contributed by atoms with E-state index in [0.29, 0.717) is 11.3 Å². The minimum Gasteiger partial charge on any atom is -0.497 e. The zero-order valence-electron chi connectivity index (χ0n) is 29.4. The Kier molecular flexibility index (Phi) is 12.1. The van der Waals surface area contributed by atoms with Gasteiger partial charge in [-0.05, 0) is 53.9 Å². The molecule has 0 spiro atoms. The van der Waals surface area contributed by atoms with Crippen molar-refractivity contribution in [2.24, 2.45) is 11.8 Å². The molecular formula is C38H47NO9Si. The molecule has 1 saturated heterocycles. The molecule has 10 nitrogen and oxygen atoms in total. The van der Waals surface area contributed by atoms with Crippen molar-refractivity contribution in [3.63, 3.8) is 0 Å². The number of methoxy groups -OCH3 is 1. The van der Waals surface area contributed by atoms with Gasteiger partial charge in [0.2, 0.25) is 5.91 Å². The average Bonchev–Trinajstić information content (AvgIpc) is 3.09. The molecule has 49 heavy (non-hydrogen) atoms. The van der Waals surface area contributed by atoms with Crippen LogP contribution in [0.15, 0.2) is 84.9 Å². The molecule has 1 heterocycles. The summed E-state index contributed by atoms with van der Waals surface area (Å²) in [4.78, 5) is 57.3. The molecule has 3 aromatic carbocycles. The third-order valence-corrected chi connectivity index (χ3v) is 14.0. The van der Waals surface area contributed by atoms with Gasteiger partial charge in [-0.2, -0.15) is 0 Å². The van der Waals surface area contributed by atoms with Crippen molar-refractivity contribution in [1.82, 2.24) is 4.90 Å². The van der Waals surface area contributed by atoms with Crippen LogP contribution >= 0.6 is 0 Å². The third-order valence-electron chi connectivity index (χ3n) is 9.00. The van der Waals surface area contributed by atoms with E-state index in [9.17, 15) is 19.2 Å². The fourth-order valence-corrected chi connectivity index (χ4v) is 11.3. The van der Waals surface area contributed by atoms with Crippen LogP contribution in [0.3, 0.4) is 0 Å². The number of β-lactam (4-membered cyclic amide) rings is 1. The van der Waals surface area contributed by atoms with Gasteiger partial charge in [-0.25, -0.2) is 4.79 Å². The van der Waals surface area contributed by atoms with E-state index in [2.05, 4.69) is 20.8 Å². The first-order valence-corrected chi connectivity index (χ1v) is 18.5. The highest BCUT2D eigenvalue weighted by molar-refractivity contribution is 6.99. The van der Waals surface area contributed by atoms with E-state index in [-0.39, 0.29) is 33.0 Å². The van der Waals surface area contributed by atoms with Crippen LogP contribution < -0.4 is 15.1 Å².